The van der Waals surface area contributed by atoms with Crippen LogP contribution in [0.1, 0.15) is 84.4 Å². The highest BCUT2D eigenvalue weighted by molar-refractivity contribution is 6.01. The van der Waals surface area contributed by atoms with Crippen LogP contribution in [0.4, 0.5) is 0 Å². The quantitative estimate of drug-likeness (QED) is 0.187. The molecule has 3 heterocycles. The van der Waals surface area contributed by atoms with Gasteiger partial charge < -0.3 is 23.7 Å². The number of hydrogen-bond acceptors (Lipinski definition) is 8. The summed E-state index contributed by atoms with van der Waals surface area (Å²) >= 11 is 0. The molecule has 48 heavy (non-hydrogen) atoms. The topological polar surface area (TPSA) is 83.5 Å². The van der Waals surface area contributed by atoms with Crippen LogP contribution in [0, 0.1) is 10.8 Å². The molecule has 0 spiro atoms. The summed E-state index contributed by atoms with van der Waals surface area (Å²) in [4.78, 5) is 27.8. The molecule has 3 aliphatic rings. The van der Waals surface area contributed by atoms with Crippen molar-refractivity contribution in [2.45, 2.75) is 73.3 Å². The molecule has 8 heteroatoms. The Kier molecular flexibility index (Phi) is 9.07. The number of piperidine rings is 1. The van der Waals surface area contributed by atoms with Crippen LogP contribution in [0.5, 0.6) is 28.7 Å². The number of rotatable bonds is 7. The lowest BCUT2D eigenvalue weighted by molar-refractivity contribution is -0.143. The Morgan fingerprint density at radius 2 is 1.31 bits per heavy atom. The Morgan fingerprint density at radius 3 is 1.92 bits per heavy atom. The van der Waals surface area contributed by atoms with Gasteiger partial charge in [-0.15, -0.1) is 0 Å². The molecule has 0 aromatic heterocycles. The number of esters is 2. The maximum absolute atomic E-state index is 12.7. The van der Waals surface area contributed by atoms with Gasteiger partial charge in [-0.1, -0.05) is 18.6 Å². The zero-order chi connectivity index (χ0) is 34.3. The average molecular weight is 654 g/mol. The lowest BCUT2D eigenvalue weighted by Crippen LogP contribution is -2.37. The van der Waals surface area contributed by atoms with Crippen molar-refractivity contribution in [3.63, 3.8) is 0 Å². The first-order valence-electron chi connectivity index (χ1n) is 17.0. The van der Waals surface area contributed by atoms with Crippen LogP contribution in [0.3, 0.4) is 0 Å². The molecule has 1 unspecified atom stereocenters. The molecule has 3 aliphatic heterocycles. The molecule has 8 nitrogen and oxygen atoms in total. The number of benzene rings is 3. The summed E-state index contributed by atoms with van der Waals surface area (Å²) in [5, 5.41) is 0. The molecule has 1 fully saturated rings. The van der Waals surface area contributed by atoms with Gasteiger partial charge in [0.05, 0.1) is 10.8 Å². The Balaban J connectivity index is 1.35. The number of carbonyl (C=O) groups excluding carboxylic acids is 2. The van der Waals surface area contributed by atoms with Gasteiger partial charge in [0.2, 0.25) is 0 Å². The van der Waals surface area contributed by atoms with E-state index in [2.05, 4.69) is 4.90 Å². The highest BCUT2D eigenvalue weighted by atomic mass is 16.5. The fourth-order valence-corrected chi connectivity index (χ4v) is 6.27. The molecule has 0 N–H and O–H groups in total. The fraction of sp³-hybridized carbons (Fsp3) is 0.450. The largest absolute Gasteiger partial charge is 0.492 e. The van der Waals surface area contributed by atoms with Crippen LogP contribution < -0.4 is 23.7 Å². The third kappa shape index (κ3) is 6.95. The minimum atomic E-state index is -0.941. The third-order valence-electron chi connectivity index (χ3n) is 9.14. The van der Waals surface area contributed by atoms with Crippen molar-refractivity contribution in [1.29, 1.82) is 0 Å². The van der Waals surface area contributed by atoms with Crippen LogP contribution >= 0.6 is 0 Å². The van der Waals surface area contributed by atoms with E-state index in [1.807, 2.05) is 84.9 Å². The van der Waals surface area contributed by atoms with Gasteiger partial charge in [0.15, 0.2) is 5.60 Å². The maximum Gasteiger partial charge on any atom is 0.316 e. The van der Waals surface area contributed by atoms with E-state index < -0.39 is 16.4 Å². The van der Waals surface area contributed by atoms with Crippen molar-refractivity contribution >= 4 is 23.1 Å². The van der Waals surface area contributed by atoms with E-state index in [9.17, 15) is 9.59 Å². The van der Waals surface area contributed by atoms with E-state index >= 15 is 0 Å². The Hall–Kier alpha value is -4.30. The van der Waals surface area contributed by atoms with Crippen LogP contribution in [0.15, 0.2) is 60.7 Å². The van der Waals surface area contributed by atoms with Crippen molar-refractivity contribution in [2.24, 2.45) is 10.8 Å². The number of hydrogen-bond donors (Lipinski definition) is 0. The average Bonchev–Trinajstić information content (AvgIpc) is 3.04. The maximum atomic E-state index is 12.7. The highest BCUT2D eigenvalue weighted by Crippen LogP contribution is 2.55. The predicted molar refractivity (Wildman–Crippen MR) is 186 cm³/mol. The summed E-state index contributed by atoms with van der Waals surface area (Å²) in [5.41, 5.74) is 2.34. The van der Waals surface area contributed by atoms with E-state index in [-0.39, 0.29) is 18.5 Å². The smallest absolute Gasteiger partial charge is 0.316 e. The van der Waals surface area contributed by atoms with Gasteiger partial charge in [0, 0.05) is 41.0 Å². The van der Waals surface area contributed by atoms with E-state index in [0.717, 1.165) is 53.2 Å². The first-order valence-corrected chi connectivity index (χ1v) is 17.0. The van der Waals surface area contributed by atoms with Gasteiger partial charge >= 0.3 is 11.9 Å². The lowest BCUT2D eigenvalue weighted by atomic mass is 9.76. The summed E-state index contributed by atoms with van der Waals surface area (Å²) in [7, 11) is 0. The molecule has 0 radical (unpaired) electrons. The zero-order valence-corrected chi connectivity index (χ0v) is 29.2. The molecule has 3 aromatic carbocycles. The van der Waals surface area contributed by atoms with Gasteiger partial charge in [0.25, 0.3) is 0 Å². The SMILES string of the molecule is CC(C)(C)C(=O)Oc1ccc2c(c1)OC(C)(c1ccc(OCCN3CCCCC3)cc1)C1=C2COc2cc(OC(=O)C(C)(C)C)ccc21. The van der Waals surface area contributed by atoms with Gasteiger partial charge in [0.1, 0.15) is 42.0 Å². The molecule has 254 valence electrons. The van der Waals surface area contributed by atoms with Gasteiger partial charge in [-0.3, -0.25) is 14.5 Å². The molecule has 3 aromatic rings. The number of ether oxygens (including phenoxy) is 5. The van der Waals surface area contributed by atoms with Gasteiger partial charge in [-0.2, -0.15) is 0 Å². The van der Waals surface area contributed by atoms with Crippen molar-refractivity contribution in [1.82, 2.24) is 4.90 Å². The lowest BCUT2D eigenvalue weighted by Gasteiger charge is -2.42. The van der Waals surface area contributed by atoms with Gasteiger partial charge in [-0.05, 0) is 116 Å². The molecule has 6 rings (SSSR count). The Bertz CT molecular complexity index is 1720. The fourth-order valence-electron chi connectivity index (χ4n) is 6.27. The Morgan fingerprint density at radius 1 is 0.750 bits per heavy atom. The molecule has 0 saturated carbocycles. The van der Waals surface area contributed by atoms with Crippen molar-refractivity contribution in [2.75, 3.05) is 32.8 Å². The van der Waals surface area contributed by atoms with Crippen molar-refractivity contribution in [3.8, 4) is 28.7 Å². The molecule has 1 atom stereocenters. The second-order valence-electron chi connectivity index (χ2n) is 15.1. The molecule has 1 saturated heterocycles. The van der Waals surface area contributed by atoms with Crippen LogP contribution in [0.25, 0.3) is 11.1 Å². The summed E-state index contributed by atoms with van der Waals surface area (Å²) in [6.45, 7) is 17.1. The zero-order valence-electron chi connectivity index (χ0n) is 29.2. The van der Waals surface area contributed by atoms with Crippen molar-refractivity contribution in [3.05, 3.63) is 77.4 Å². The molecular weight excluding hydrogens is 606 g/mol. The summed E-state index contributed by atoms with van der Waals surface area (Å²) < 4.78 is 30.9. The molecule has 0 amide bonds. The van der Waals surface area contributed by atoms with Crippen molar-refractivity contribution < 1.29 is 33.3 Å². The van der Waals surface area contributed by atoms with Crippen LogP contribution in [-0.4, -0.2) is 49.7 Å². The molecule has 0 aliphatic carbocycles. The van der Waals surface area contributed by atoms with Crippen LogP contribution in [0.2, 0.25) is 0 Å². The number of carbonyl (C=O) groups is 2. The minimum Gasteiger partial charge on any atom is -0.492 e. The number of nitrogens with zero attached hydrogens (tertiary/aromatic N) is 1. The number of fused-ring (bicyclic) bond motifs is 4. The van der Waals surface area contributed by atoms with Crippen LogP contribution in [-0.2, 0) is 15.2 Å². The minimum absolute atomic E-state index is 0.282. The Labute approximate surface area is 284 Å². The highest BCUT2D eigenvalue weighted by Gasteiger charge is 2.44. The first-order chi connectivity index (χ1) is 22.7. The first kappa shape index (κ1) is 33.6. The predicted octanol–water partition coefficient (Wildman–Crippen LogP) is 8.07. The van der Waals surface area contributed by atoms with Gasteiger partial charge in [-0.25, -0.2) is 0 Å². The monoisotopic (exact) mass is 653 g/mol. The normalized spacial score (nSPS) is 19.2. The summed E-state index contributed by atoms with van der Waals surface area (Å²) in [6, 6.07) is 19.1. The summed E-state index contributed by atoms with van der Waals surface area (Å²) in [6.07, 6.45) is 3.83. The summed E-state index contributed by atoms with van der Waals surface area (Å²) in [5.74, 6) is 2.21. The molecule has 0 bridgehead atoms. The second kappa shape index (κ2) is 13.0. The molecular formula is C40H47NO7. The van der Waals surface area contributed by atoms with E-state index in [4.69, 9.17) is 23.7 Å². The standard InChI is InChI=1S/C40H47NO7/c1-38(2,3)36(42)46-28-16-18-31-33(23-28)45-25-32-30-17-15-29(47-37(43)39(4,5)6)24-34(30)48-40(7,35(31)32)26-11-13-27(14-12-26)44-22-21-41-19-9-8-10-20-41/h11-18,23-24H,8-10,19-22,25H2,1-7H3. The second-order valence-corrected chi connectivity index (χ2v) is 15.1. The van der Waals surface area contributed by atoms with E-state index in [1.165, 1.54) is 19.3 Å². The van der Waals surface area contributed by atoms with E-state index in [1.54, 1.807) is 24.3 Å². The third-order valence-corrected chi connectivity index (χ3v) is 9.14. The number of likely N-dealkylation sites (tertiary alicyclic amines) is 1. The van der Waals surface area contributed by atoms with E-state index in [0.29, 0.717) is 29.6 Å².